The Bertz CT molecular complexity index is 429. The van der Waals surface area contributed by atoms with Crippen LogP contribution in [0, 0.1) is 0 Å². The molecule has 0 bridgehead atoms. The second-order valence-corrected chi connectivity index (χ2v) is 5.14. The lowest BCUT2D eigenvalue weighted by Crippen LogP contribution is -2.46. The van der Waals surface area contributed by atoms with Gasteiger partial charge in [0.15, 0.2) is 0 Å². The van der Waals surface area contributed by atoms with Gasteiger partial charge in [-0.2, -0.15) is 12.6 Å². The van der Waals surface area contributed by atoms with Crippen molar-refractivity contribution in [3.05, 3.63) is 12.7 Å². The molecule has 3 amide bonds. The van der Waals surface area contributed by atoms with Crippen LogP contribution in [-0.2, 0) is 9.57 Å². The summed E-state index contributed by atoms with van der Waals surface area (Å²) in [5.74, 6) is 0. The predicted molar refractivity (Wildman–Crippen MR) is 81.5 cm³/mol. The fourth-order valence-electron chi connectivity index (χ4n) is 2.05. The molecule has 21 heavy (non-hydrogen) atoms. The molecule has 0 spiro atoms. The summed E-state index contributed by atoms with van der Waals surface area (Å²) in [6.07, 6.45) is 1.58. The summed E-state index contributed by atoms with van der Waals surface area (Å²) in [6, 6.07) is -1.04. The normalized spacial score (nSPS) is 21.8. The van der Waals surface area contributed by atoms with Crippen LogP contribution < -0.4 is 11.1 Å². The molecule has 1 rings (SSSR count). The van der Waals surface area contributed by atoms with E-state index in [9.17, 15) is 9.59 Å². The number of oxime groups is 1. The van der Waals surface area contributed by atoms with Gasteiger partial charge < -0.3 is 20.6 Å². The molecule has 0 aromatic heterocycles. The first-order valence-electron chi connectivity index (χ1n) is 6.35. The van der Waals surface area contributed by atoms with Crippen LogP contribution in [0.5, 0.6) is 0 Å². The van der Waals surface area contributed by atoms with E-state index in [0.29, 0.717) is 18.7 Å². The molecule has 0 aromatic rings. The Hall–Kier alpha value is -1.90. The van der Waals surface area contributed by atoms with Gasteiger partial charge in [-0.1, -0.05) is 17.8 Å². The maximum absolute atomic E-state index is 12.0. The number of urea groups is 1. The number of hydrogen-bond donors (Lipinski definition) is 3. The number of nitrogens with one attached hydrogen (secondary N) is 1. The van der Waals surface area contributed by atoms with Gasteiger partial charge in [0, 0.05) is 11.8 Å². The number of carbonyl (C=O) groups is 2. The van der Waals surface area contributed by atoms with Crippen LogP contribution in [0.2, 0.25) is 0 Å². The number of nitrogens with two attached hydrogens (primary N) is 1. The molecule has 1 saturated heterocycles. The fraction of sp³-hybridized carbons (Fsp3) is 0.583. The Labute approximate surface area is 128 Å². The lowest BCUT2D eigenvalue weighted by atomic mass is 10.1. The summed E-state index contributed by atoms with van der Waals surface area (Å²) in [7, 11) is 1.39. The Balaban J connectivity index is 2.82. The largest absolute Gasteiger partial charge is 0.445 e. The first-order chi connectivity index (χ1) is 9.99. The molecular formula is C12H20N4O4S. The molecule has 8 nitrogen and oxygen atoms in total. The summed E-state index contributed by atoms with van der Waals surface area (Å²) in [5.41, 5.74) is 5.52. The lowest BCUT2D eigenvalue weighted by Gasteiger charge is -2.24. The highest BCUT2D eigenvalue weighted by molar-refractivity contribution is 7.81. The molecule has 0 unspecified atom stereocenters. The van der Waals surface area contributed by atoms with Crippen molar-refractivity contribution in [3.63, 3.8) is 0 Å². The molecule has 3 N–H and O–H groups in total. The molecule has 9 heteroatoms. The zero-order valence-corrected chi connectivity index (χ0v) is 12.7. The van der Waals surface area contributed by atoms with E-state index in [2.05, 4.69) is 29.7 Å². The van der Waals surface area contributed by atoms with Gasteiger partial charge in [0.2, 0.25) is 0 Å². The Kier molecular flexibility index (Phi) is 6.86. The quantitative estimate of drug-likeness (QED) is 0.284. The second kappa shape index (κ2) is 8.40. The van der Waals surface area contributed by atoms with Crippen molar-refractivity contribution >= 4 is 30.5 Å². The molecule has 1 heterocycles. The zero-order chi connectivity index (χ0) is 15.8. The van der Waals surface area contributed by atoms with Gasteiger partial charge in [-0.15, -0.1) is 0 Å². The van der Waals surface area contributed by atoms with Gasteiger partial charge in [-0.25, -0.2) is 9.59 Å². The molecule has 1 aliphatic rings. The summed E-state index contributed by atoms with van der Waals surface area (Å²) in [4.78, 5) is 29.1. The maximum atomic E-state index is 12.0. The minimum Gasteiger partial charge on any atom is -0.445 e. The van der Waals surface area contributed by atoms with Crippen LogP contribution in [0.3, 0.4) is 0 Å². The zero-order valence-electron chi connectivity index (χ0n) is 11.8. The molecule has 0 saturated carbocycles. The van der Waals surface area contributed by atoms with Gasteiger partial charge in [0.1, 0.15) is 13.7 Å². The van der Waals surface area contributed by atoms with Crippen LogP contribution in [-0.4, -0.2) is 60.8 Å². The van der Waals surface area contributed by atoms with Crippen molar-refractivity contribution in [2.75, 3.05) is 26.8 Å². The van der Waals surface area contributed by atoms with Crippen molar-refractivity contribution in [2.45, 2.75) is 17.7 Å². The smallest absolute Gasteiger partial charge is 0.410 e. The first kappa shape index (κ1) is 17.2. The Morgan fingerprint density at radius 1 is 1.62 bits per heavy atom. The van der Waals surface area contributed by atoms with Crippen molar-refractivity contribution in [1.82, 2.24) is 10.2 Å². The number of ether oxygens (including phenoxy) is 1. The summed E-state index contributed by atoms with van der Waals surface area (Å²) in [6.45, 7) is 4.11. The number of likely N-dealkylation sites (tertiary alicyclic amines) is 1. The summed E-state index contributed by atoms with van der Waals surface area (Å²) in [5, 5.41) is 6.29. The third-order valence-electron chi connectivity index (χ3n) is 2.88. The molecule has 0 aliphatic carbocycles. The molecule has 0 radical (unpaired) electrons. The van der Waals surface area contributed by atoms with Crippen LogP contribution in [0.4, 0.5) is 9.59 Å². The average Bonchev–Trinajstić information content (AvgIpc) is 2.82. The number of thiol groups is 1. The topological polar surface area (TPSA) is 106 Å². The number of nitrogens with zero attached hydrogens (tertiary/aromatic N) is 2. The third-order valence-corrected chi connectivity index (χ3v) is 3.25. The molecule has 2 atom stereocenters. The van der Waals surface area contributed by atoms with Gasteiger partial charge in [0.25, 0.3) is 0 Å². The van der Waals surface area contributed by atoms with Gasteiger partial charge >= 0.3 is 12.1 Å². The van der Waals surface area contributed by atoms with E-state index in [0.717, 1.165) is 0 Å². The monoisotopic (exact) mass is 316 g/mol. The lowest BCUT2D eigenvalue weighted by molar-refractivity contribution is 0.115. The molecular weight excluding hydrogens is 296 g/mol. The molecule has 1 fully saturated rings. The van der Waals surface area contributed by atoms with E-state index in [1.165, 1.54) is 18.1 Å². The average molecular weight is 316 g/mol. The minimum atomic E-state index is -0.681. The number of amides is 3. The van der Waals surface area contributed by atoms with Crippen molar-refractivity contribution in [3.8, 4) is 0 Å². The van der Waals surface area contributed by atoms with Crippen molar-refractivity contribution < 1.29 is 19.2 Å². The van der Waals surface area contributed by atoms with Crippen LogP contribution in [0.15, 0.2) is 17.8 Å². The Morgan fingerprint density at radius 3 is 2.90 bits per heavy atom. The van der Waals surface area contributed by atoms with Crippen LogP contribution in [0.1, 0.15) is 6.42 Å². The van der Waals surface area contributed by atoms with E-state index in [4.69, 9.17) is 15.3 Å². The highest BCUT2D eigenvalue weighted by Crippen LogP contribution is 2.24. The van der Waals surface area contributed by atoms with Gasteiger partial charge in [-0.05, 0) is 6.42 Å². The fourth-order valence-corrected chi connectivity index (χ4v) is 2.43. The van der Waals surface area contributed by atoms with E-state index in [1.807, 2.05) is 0 Å². The number of rotatable bonds is 6. The molecule has 118 valence electrons. The van der Waals surface area contributed by atoms with Crippen molar-refractivity contribution in [2.24, 2.45) is 10.9 Å². The van der Waals surface area contributed by atoms with Crippen LogP contribution >= 0.6 is 12.6 Å². The highest BCUT2D eigenvalue weighted by atomic mass is 32.1. The predicted octanol–water partition coefficient (Wildman–Crippen LogP) is 0.352. The van der Waals surface area contributed by atoms with Crippen molar-refractivity contribution in [1.29, 1.82) is 0 Å². The van der Waals surface area contributed by atoms with E-state index in [1.54, 1.807) is 0 Å². The second-order valence-electron chi connectivity index (χ2n) is 4.41. The summed E-state index contributed by atoms with van der Waals surface area (Å²) < 4.78 is 5.03. The first-order valence-corrected chi connectivity index (χ1v) is 6.86. The number of carbonyl (C=O) groups excluding carboxylic acids is 2. The SMILES string of the molecule is C=CCOC(=O)N1C[C@@H](S)C[C@H]1/C(CNC(N)=O)=N/OC. The third kappa shape index (κ3) is 5.18. The molecule has 1 aliphatic heterocycles. The summed E-state index contributed by atoms with van der Waals surface area (Å²) >= 11 is 4.39. The number of primary amides is 1. The van der Waals surface area contributed by atoms with Crippen LogP contribution in [0.25, 0.3) is 0 Å². The van der Waals surface area contributed by atoms with Gasteiger partial charge in [-0.3, -0.25) is 4.90 Å². The highest BCUT2D eigenvalue weighted by Gasteiger charge is 2.38. The number of hydrogen-bond acceptors (Lipinski definition) is 6. The van der Waals surface area contributed by atoms with E-state index < -0.39 is 12.1 Å². The molecule has 0 aromatic carbocycles. The van der Waals surface area contributed by atoms with E-state index in [-0.39, 0.29) is 24.4 Å². The standard InChI is InChI=1S/C12H20N4O4S/c1-3-4-20-12(18)16-7-8(21)5-10(16)9(15-19-2)6-14-11(13)17/h3,8,10,21H,1,4-7H2,2H3,(H3,13,14,17)/b15-9+/t8-,10-/m0/s1. The Morgan fingerprint density at radius 2 is 2.33 bits per heavy atom. The van der Waals surface area contributed by atoms with Gasteiger partial charge in [0.05, 0.1) is 18.3 Å². The maximum Gasteiger partial charge on any atom is 0.410 e. The minimum absolute atomic E-state index is 0.0121. The van der Waals surface area contributed by atoms with E-state index >= 15 is 0 Å².